The van der Waals surface area contributed by atoms with E-state index in [1.165, 1.54) is 0 Å². The van der Waals surface area contributed by atoms with Crippen LogP contribution in [0.3, 0.4) is 0 Å². The van der Waals surface area contributed by atoms with Crippen LogP contribution in [0.4, 0.5) is 0 Å². The number of nitrogens with zero attached hydrogens (tertiary/aromatic N) is 1. The summed E-state index contributed by atoms with van der Waals surface area (Å²) in [6.07, 6.45) is 1.07. The Morgan fingerprint density at radius 3 is 2.81 bits per heavy atom. The van der Waals surface area contributed by atoms with Gasteiger partial charge in [0, 0.05) is 19.5 Å². The Bertz CT molecular complexity index is 378. The summed E-state index contributed by atoms with van der Waals surface area (Å²) >= 11 is 0. The topological polar surface area (TPSA) is 49.4 Å². The van der Waals surface area contributed by atoms with Gasteiger partial charge < -0.3 is 10.2 Å². The molecule has 0 radical (unpaired) electrons. The van der Waals surface area contributed by atoms with Gasteiger partial charge in [-0.25, -0.2) is 0 Å². The van der Waals surface area contributed by atoms with Crippen molar-refractivity contribution in [3.05, 3.63) is 35.9 Å². The standard InChI is InChI=1S/C12H14N2O2/c15-9-13-11-6-12(16)14(8-11)7-10-4-2-1-3-5-10/h1-5,9,11H,6-8H2,(H,13,15). The highest BCUT2D eigenvalue weighted by molar-refractivity contribution is 5.79. The van der Waals surface area contributed by atoms with Crippen LogP contribution in [0.1, 0.15) is 12.0 Å². The lowest BCUT2D eigenvalue weighted by molar-refractivity contribution is -0.128. The number of rotatable bonds is 4. The van der Waals surface area contributed by atoms with Crippen molar-refractivity contribution in [2.75, 3.05) is 6.54 Å². The van der Waals surface area contributed by atoms with Crippen LogP contribution in [0.2, 0.25) is 0 Å². The molecular formula is C12H14N2O2. The fourth-order valence-electron chi connectivity index (χ4n) is 1.94. The van der Waals surface area contributed by atoms with E-state index in [0.717, 1.165) is 5.56 Å². The average molecular weight is 218 g/mol. The molecule has 1 heterocycles. The van der Waals surface area contributed by atoms with Crippen LogP contribution in [0.15, 0.2) is 30.3 Å². The Morgan fingerprint density at radius 1 is 1.38 bits per heavy atom. The van der Waals surface area contributed by atoms with Gasteiger partial charge in [-0.05, 0) is 5.56 Å². The molecule has 0 aliphatic carbocycles. The Labute approximate surface area is 94.2 Å². The van der Waals surface area contributed by atoms with Crippen molar-refractivity contribution in [2.45, 2.75) is 19.0 Å². The number of benzene rings is 1. The van der Waals surface area contributed by atoms with E-state index in [-0.39, 0.29) is 11.9 Å². The highest BCUT2D eigenvalue weighted by Crippen LogP contribution is 2.14. The normalized spacial score (nSPS) is 19.9. The summed E-state index contributed by atoms with van der Waals surface area (Å²) in [5.74, 6) is 0.100. The molecule has 0 bridgehead atoms. The van der Waals surface area contributed by atoms with Crippen LogP contribution >= 0.6 is 0 Å². The van der Waals surface area contributed by atoms with Crippen molar-refractivity contribution in [3.63, 3.8) is 0 Å². The predicted octanol–water partition coefficient (Wildman–Crippen LogP) is 0.533. The lowest BCUT2D eigenvalue weighted by atomic mass is 10.2. The number of hydrogen-bond donors (Lipinski definition) is 1. The smallest absolute Gasteiger partial charge is 0.225 e. The summed E-state index contributed by atoms with van der Waals surface area (Å²) in [5, 5.41) is 2.65. The summed E-state index contributed by atoms with van der Waals surface area (Å²) in [5.41, 5.74) is 1.11. The number of amides is 2. The summed E-state index contributed by atoms with van der Waals surface area (Å²) in [6.45, 7) is 1.23. The highest BCUT2D eigenvalue weighted by Gasteiger charge is 2.28. The van der Waals surface area contributed by atoms with Gasteiger partial charge in [0.05, 0.1) is 6.04 Å². The van der Waals surface area contributed by atoms with Gasteiger partial charge in [-0.15, -0.1) is 0 Å². The number of likely N-dealkylation sites (tertiary alicyclic amines) is 1. The Morgan fingerprint density at radius 2 is 2.12 bits per heavy atom. The zero-order valence-electron chi connectivity index (χ0n) is 8.93. The fraction of sp³-hybridized carbons (Fsp3) is 0.333. The monoisotopic (exact) mass is 218 g/mol. The molecule has 4 nitrogen and oxygen atoms in total. The molecule has 1 fully saturated rings. The molecule has 1 aliphatic heterocycles. The molecule has 84 valence electrons. The minimum absolute atomic E-state index is 0.0336. The van der Waals surface area contributed by atoms with Gasteiger partial charge >= 0.3 is 0 Å². The first-order valence-corrected chi connectivity index (χ1v) is 5.31. The molecule has 0 saturated carbocycles. The first-order valence-electron chi connectivity index (χ1n) is 5.31. The third-order valence-corrected chi connectivity index (χ3v) is 2.73. The third kappa shape index (κ3) is 2.39. The fourth-order valence-corrected chi connectivity index (χ4v) is 1.94. The molecule has 1 unspecified atom stereocenters. The lowest BCUT2D eigenvalue weighted by Gasteiger charge is -2.16. The van der Waals surface area contributed by atoms with Crippen LogP contribution in [0, 0.1) is 0 Å². The van der Waals surface area contributed by atoms with Crippen LogP contribution in [0.25, 0.3) is 0 Å². The third-order valence-electron chi connectivity index (χ3n) is 2.73. The number of carbonyl (C=O) groups is 2. The maximum absolute atomic E-state index is 11.6. The van der Waals surface area contributed by atoms with E-state index < -0.39 is 0 Å². The molecule has 1 saturated heterocycles. The van der Waals surface area contributed by atoms with Crippen LogP contribution in [-0.4, -0.2) is 29.8 Å². The Balaban J connectivity index is 1.96. The number of nitrogens with one attached hydrogen (secondary N) is 1. The van der Waals surface area contributed by atoms with E-state index in [2.05, 4.69) is 5.32 Å². The first-order chi connectivity index (χ1) is 7.79. The second-order valence-electron chi connectivity index (χ2n) is 3.95. The van der Waals surface area contributed by atoms with Crippen molar-refractivity contribution in [1.82, 2.24) is 10.2 Å². The van der Waals surface area contributed by atoms with Gasteiger partial charge in [-0.2, -0.15) is 0 Å². The molecular weight excluding hydrogens is 204 g/mol. The molecule has 0 aromatic heterocycles. The SMILES string of the molecule is O=CNC1CC(=O)N(Cc2ccccc2)C1. The van der Waals surface area contributed by atoms with Crippen molar-refractivity contribution in [3.8, 4) is 0 Å². The molecule has 2 rings (SSSR count). The van der Waals surface area contributed by atoms with E-state index in [1.54, 1.807) is 4.90 Å². The molecule has 1 aromatic rings. The molecule has 0 spiro atoms. The quantitative estimate of drug-likeness (QED) is 0.750. The Kier molecular flexibility index (Phi) is 3.19. The van der Waals surface area contributed by atoms with Gasteiger partial charge in [0.1, 0.15) is 0 Å². The van der Waals surface area contributed by atoms with Gasteiger partial charge in [-0.3, -0.25) is 9.59 Å². The van der Waals surface area contributed by atoms with Crippen molar-refractivity contribution in [1.29, 1.82) is 0 Å². The second-order valence-corrected chi connectivity index (χ2v) is 3.95. The zero-order chi connectivity index (χ0) is 11.4. The second kappa shape index (κ2) is 4.79. The van der Waals surface area contributed by atoms with Crippen LogP contribution in [0.5, 0.6) is 0 Å². The van der Waals surface area contributed by atoms with Gasteiger partial charge in [0.25, 0.3) is 0 Å². The average Bonchev–Trinajstić information content (AvgIpc) is 2.61. The van der Waals surface area contributed by atoms with Crippen molar-refractivity contribution in [2.24, 2.45) is 0 Å². The largest absolute Gasteiger partial charge is 0.354 e. The van der Waals surface area contributed by atoms with E-state index in [9.17, 15) is 9.59 Å². The molecule has 1 N–H and O–H groups in total. The van der Waals surface area contributed by atoms with Crippen molar-refractivity contribution >= 4 is 12.3 Å². The number of carbonyl (C=O) groups excluding carboxylic acids is 2. The molecule has 2 amide bonds. The van der Waals surface area contributed by atoms with E-state index >= 15 is 0 Å². The van der Waals surface area contributed by atoms with E-state index in [4.69, 9.17) is 0 Å². The Hall–Kier alpha value is -1.84. The van der Waals surface area contributed by atoms with Gasteiger partial charge in [0.2, 0.25) is 12.3 Å². The minimum atomic E-state index is -0.0336. The molecule has 1 atom stereocenters. The first kappa shape index (κ1) is 10.7. The molecule has 1 aliphatic rings. The maximum Gasteiger partial charge on any atom is 0.225 e. The number of hydrogen-bond acceptors (Lipinski definition) is 2. The minimum Gasteiger partial charge on any atom is -0.354 e. The molecule has 16 heavy (non-hydrogen) atoms. The summed E-state index contributed by atoms with van der Waals surface area (Å²) < 4.78 is 0. The van der Waals surface area contributed by atoms with Gasteiger partial charge in [-0.1, -0.05) is 30.3 Å². The lowest BCUT2D eigenvalue weighted by Crippen LogP contribution is -2.31. The molecule has 4 heteroatoms. The summed E-state index contributed by atoms with van der Waals surface area (Å²) in [6, 6.07) is 9.82. The van der Waals surface area contributed by atoms with Gasteiger partial charge in [0.15, 0.2) is 0 Å². The highest BCUT2D eigenvalue weighted by atomic mass is 16.2. The van der Waals surface area contributed by atoms with Crippen LogP contribution < -0.4 is 5.32 Å². The summed E-state index contributed by atoms with van der Waals surface area (Å²) in [4.78, 5) is 23.7. The summed E-state index contributed by atoms with van der Waals surface area (Å²) in [7, 11) is 0. The molecule has 1 aromatic carbocycles. The maximum atomic E-state index is 11.6. The van der Waals surface area contributed by atoms with Crippen molar-refractivity contribution < 1.29 is 9.59 Å². The predicted molar refractivity (Wildman–Crippen MR) is 59.5 cm³/mol. The van der Waals surface area contributed by atoms with E-state index in [1.807, 2.05) is 30.3 Å². The van der Waals surface area contributed by atoms with Crippen LogP contribution in [-0.2, 0) is 16.1 Å². The van der Waals surface area contributed by atoms with E-state index in [0.29, 0.717) is 25.9 Å². The zero-order valence-corrected chi connectivity index (χ0v) is 8.93.